The third kappa shape index (κ3) is 1.80. The minimum absolute atomic E-state index is 0.316. The second-order valence-corrected chi connectivity index (χ2v) is 4.31. The van der Waals surface area contributed by atoms with Gasteiger partial charge in [0.25, 0.3) is 0 Å². The number of aromatic nitrogens is 2. The van der Waals surface area contributed by atoms with Crippen molar-refractivity contribution in [2.45, 2.75) is 6.92 Å². The molecule has 0 radical (unpaired) electrons. The Morgan fingerprint density at radius 1 is 1.06 bits per heavy atom. The van der Waals surface area contributed by atoms with E-state index < -0.39 is 0 Å². The van der Waals surface area contributed by atoms with Crippen molar-refractivity contribution in [3.05, 3.63) is 64.7 Å². The molecule has 3 aromatic rings. The predicted molar refractivity (Wildman–Crippen MR) is 72.5 cm³/mol. The number of hydrogen-bond acceptors (Lipinski definition) is 2. The Bertz CT molecular complexity index is 775. The summed E-state index contributed by atoms with van der Waals surface area (Å²) in [5, 5.41) is 2.35. The molecule has 0 aliphatic carbocycles. The summed E-state index contributed by atoms with van der Waals surface area (Å²) in [6, 6.07) is 14.3. The van der Waals surface area contributed by atoms with Crippen molar-refractivity contribution in [1.82, 2.24) is 9.97 Å². The van der Waals surface area contributed by atoms with Crippen LogP contribution >= 0.6 is 0 Å². The summed E-state index contributed by atoms with van der Waals surface area (Å²) in [4.78, 5) is 17.8. The summed E-state index contributed by atoms with van der Waals surface area (Å²) in [6.07, 6.45) is 1.60. The molecule has 1 aromatic heterocycles. The maximum Gasteiger partial charge on any atom is 0.345 e. The van der Waals surface area contributed by atoms with Gasteiger partial charge >= 0.3 is 5.69 Å². The average Bonchev–Trinajstić information content (AvgIpc) is 2.41. The molecule has 0 saturated heterocycles. The van der Waals surface area contributed by atoms with Crippen molar-refractivity contribution in [1.29, 1.82) is 0 Å². The fourth-order valence-corrected chi connectivity index (χ4v) is 2.10. The largest absolute Gasteiger partial charge is 0.345 e. The maximum atomic E-state index is 11.3. The lowest BCUT2D eigenvalue weighted by Gasteiger charge is -2.06. The molecule has 0 unspecified atom stereocenters. The number of hydrogen-bond donors (Lipinski definition) is 1. The van der Waals surface area contributed by atoms with E-state index in [0.717, 1.165) is 22.2 Å². The van der Waals surface area contributed by atoms with Crippen LogP contribution in [0.3, 0.4) is 0 Å². The van der Waals surface area contributed by atoms with Gasteiger partial charge in [0, 0.05) is 6.20 Å². The molecular formula is C15H12N2O. The number of nitrogens with zero attached hydrogens (tertiary/aromatic N) is 1. The van der Waals surface area contributed by atoms with Crippen molar-refractivity contribution in [3.63, 3.8) is 0 Å². The number of fused-ring (bicyclic) bond motifs is 1. The Hall–Kier alpha value is -2.42. The van der Waals surface area contributed by atoms with Gasteiger partial charge in [-0.2, -0.15) is 0 Å². The monoisotopic (exact) mass is 236 g/mol. The molecule has 3 nitrogen and oxygen atoms in total. The van der Waals surface area contributed by atoms with E-state index >= 15 is 0 Å². The molecule has 3 rings (SSSR count). The lowest BCUT2D eigenvalue weighted by Crippen LogP contribution is -2.11. The molecule has 1 heterocycles. The molecule has 3 heteroatoms. The SMILES string of the molecule is Cc1cnc(=O)[nH]c1-c1ccc2ccccc2c1. The number of nitrogens with one attached hydrogen (secondary N) is 1. The van der Waals surface area contributed by atoms with Crippen LogP contribution in [0, 0.1) is 6.92 Å². The van der Waals surface area contributed by atoms with E-state index in [0.29, 0.717) is 0 Å². The summed E-state index contributed by atoms with van der Waals surface area (Å²) in [5.74, 6) is 0. The highest BCUT2D eigenvalue weighted by molar-refractivity contribution is 5.87. The normalized spacial score (nSPS) is 10.7. The molecule has 2 aromatic carbocycles. The summed E-state index contributed by atoms with van der Waals surface area (Å²) in [7, 11) is 0. The molecule has 0 spiro atoms. The molecular weight excluding hydrogens is 224 g/mol. The van der Waals surface area contributed by atoms with E-state index in [1.807, 2.05) is 25.1 Å². The Balaban J connectivity index is 2.25. The van der Waals surface area contributed by atoms with Gasteiger partial charge in [0.15, 0.2) is 0 Å². The topological polar surface area (TPSA) is 45.8 Å². The maximum absolute atomic E-state index is 11.3. The minimum atomic E-state index is -0.316. The van der Waals surface area contributed by atoms with Crippen molar-refractivity contribution in [2.24, 2.45) is 0 Å². The first-order valence-electron chi connectivity index (χ1n) is 5.79. The lowest BCUT2D eigenvalue weighted by molar-refractivity contribution is 1.06. The third-order valence-corrected chi connectivity index (χ3v) is 3.04. The zero-order valence-corrected chi connectivity index (χ0v) is 9.97. The number of H-pyrrole nitrogens is 1. The van der Waals surface area contributed by atoms with Gasteiger partial charge in [0.2, 0.25) is 0 Å². The summed E-state index contributed by atoms with van der Waals surface area (Å²) >= 11 is 0. The van der Waals surface area contributed by atoms with Gasteiger partial charge in [0.1, 0.15) is 0 Å². The van der Waals surface area contributed by atoms with Crippen LogP contribution in [0.25, 0.3) is 22.0 Å². The first-order chi connectivity index (χ1) is 8.74. The number of benzene rings is 2. The zero-order chi connectivity index (χ0) is 12.5. The lowest BCUT2D eigenvalue weighted by atomic mass is 10.0. The molecule has 1 N–H and O–H groups in total. The summed E-state index contributed by atoms with van der Waals surface area (Å²) in [5.41, 5.74) is 2.49. The number of rotatable bonds is 1. The number of aryl methyl sites for hydroxylation is 1. The Kier molecular flexibility index (Phi) is 2.45. The molecule has 0 bridgehead atoms. The van der Waals surface area contributed by atoms with E-state index in [1.165, 1.54) is 5.39 Å². The predicted octanol–water partition coefficient (Wildman–Crippen LogP) is 2.90. The van der Waals surface area contributed by atoms with Gasteiger partial charge < -0.3 is 4.98 Å². The van der Waals surface area contributed by atoms with Crippen LogP contribution in [0.2, 0.25) is 0 Å². The molecule has 0 atom stereocenters. The van der Waals surface area contributed by atoms with Crippen LogP contribution in [0.4, 0.5) is 0 Å². The second kappa shape index (κ2) is 4.11. The van der Waals surface area contributed by atoms with Crippen molar-refractivity contribution in [3.8, 4) is 11.3 Å². The van der Waals surface area contributed by atoms with Crippen LogP contribution in [0.1, 0.15) is 5.56 Å². The fourth-order valence-electron chi connectivity index (χ4n) is 2.10. The molecule has 0 fully saturated rings. The fraction of sp³-hybridized carbons (Fsp3) is 0.0667. The smallest absolute Gasteiger partial charge is 0.305 e. The third-order valence-electron chi connectivity index (χ3n) is 3.04. The highest BCUT2D eigenvalue weighted by Crippen LogP contribution is 2.24. The highest BCUT2D eigenvalue weighted by Gasteiger charge is 2.04. The Labute approximate surface area is 104 Å². The van der Waals surface area contributed by atoms with Gasteiger partial charge in [-0.1, -0.05) is 36.4 Å². The summed E-state index contributed by atoms with van der Waals surface area (Å²) in [6.45, 7) is 1.94. The van der Waals surface area contributed by atoms with Crippen LogP contribution in [0.15, 0.2) is 53.5 Å². The van der Waals surface area contributed by atoms with Gasteiger partial charge in [-0.3, -0.25) is 0 Å². The summed E-state index contributed by atoms with van der Waals surface area (Å²) < 4.78 is 0. The first-order valence-corrected chi connectivity index (χ1v) is 5.79. The van der Waals surface area contributed by atoms with E-state index in [2.05, 4.69) is 34.2 Å². The second-order valence-electron chi connectivity index (χ2n) is 4.31. The standard InChI is InChI=1S/C15H12N2O/c1-10-9-16-15(18)17-14(10)13-7-6-11-4-2-3-5-12(11)8-13/h2-9H,1H3,(H,16,17,18). The quantitative estimate of drug-likeness (QED) is 0.706. The average molecular weight is 236 g/mol. The van der Waals surface area contributed by atoms with Gasteiger partial charge in [-0.25, -0.2) is 9.78 Å². The van der Waals surface area contributed by atoms with Gasteiger partial charge in [-0.05, 0) is 34.9 Å². The Morgan fingerprint density at radius 2 is 1.83 bits per heavy atom. The highest BCUT2D eigenvalue weighted by atomic mass is 16.1. The van der Waals surface area contributed by atoms with Crippen molar-refractivity contribution < 1.29 is 0 Å². The van der Waals surface area contributed by atoms with E-state index in [4.69, 9.17) is 0 Å². The van der Waals surface area contributed by atoms with E-state index in [-0.39, 0.29) is 5.69 Å². The van der Waals surface area contributed by atoms with Crippen LogP contribution < -0.4 is 5.69 Å². The van der Waals surface area contributed by atoms with Gasteiger partial charge in [-0.15, -0.1) is 0 Å². The molecule has 88 valence electrons. The van der Waals surface area contributed by atoms with Crippen molar-refractivity contribution in [2.75, 3.05) is 0 Å². The molecule has 18 heavy (non-hydrogen) atoms. The zero-order valence-electron chi connectivity index (χ0n) is 9.97. The first kappa shape index (κ1) is 10.7. The van der Waals surface area contributed by atoms with Gasteiger partial charge in [0.05, 0.1) is 5.69 Å². The molecule has 0 amide bonds. The van der Waals surface area contributed by atoms with E-state index in [9.17, 15) is 4.79 Å². The molecule has 0 aliphatic heterocycles. The molecule has 0 saturated carbocycles. The Morgan fingerprint density at radius 3 is 2.67 bits per heavy atom. The van der Waals surface area contributed by atoms with Crippen molar-refractivity contribution >= 4 is 10.8 Å². The van der Waals surface area contributed by atoms with Crippen LogP contribution in [-0.2, 0) is 0 Å². The minimum Gasteiger partial charge on any atom is -0.305 e. The van der Waals surface area contributed by atoms with Crippen LogP contribution in [-0.4, -0.2) is 9.97 Å². The number of aromatic amines is 1. The van der Waals surface area contributed by atoms with Crippen LogP contribution in [0.5, 0.6) is 0 Å². The molecule has 0 aliphatic rings. The van der Waals surface area contributed by atoms with E-state index in [1.54, 1.807) is 6.20 Å².